The second-order valence-corrected chi connectivity index (χ2v) is 4.72. The maximum atomic E-state index is 9.23. The molecule has 0 spiro atoms. The number of rotatable bonds is 5. The summed E-state index contributed by atoms with van der Waals surface area (Å²) in [6.45, 7) is 2.10. The predicted molar refractivity (Wildman–Crippen MR) is 74.5 cm³/mol. The number of hydrogen-bond donors (Lipinski definition) is 3. The monoisotopic (exact) mass is 264 g/mol. The van der Waals surface area contributed by atoms with Crippen LogP contribution in [0.3, 0.4) is 0 Å². The molecular formula is C12H16N4OS. The first kappa shape index (κ1) is 12.8. The summed E-state index contributed by atoms with van der Waals surface area (Å²) in [6.07, 6.45) is 4.31. The number of nitrogens with zero attached hydrogens (tertiary/aromatic N) is 2. The highest BCUT2D eigenvalue weighted by Gasteiger charge is 2.16. The van der Waals surface area contributed by atoms with Gasteiger partial charge in [0.1, 0.15) is 10.8 Å². The van der Waals surface area contributed by atoms with Crippen molar-refractivity contribution >= 4 is 22.4 Å². The summed E-state index contributed by atoms with van der Waals surface area (Å²) in [4.78, 5) is 4.09. The van der Waals surface area contributed by atoms with E-state index in [9.17, 15) is 5.11 Å². The molecule has 0 radical (unpaired) electrons. The Kier molecular flexibility index (Phi) is 4.11. The fraction of sp³-hybridized carbons (Fsp3) is 0.333. The first-order valence-electron chi connectivity index (χ1n) is 5.79. The Bertz CT molecular complexity index is 496. The standard InChI is InChI=1S/C12H16N4OS/c1-2-9(7-17)15-12-10(11(13)16-18-12)8-4-3-5-14-6-8/h3-6,9,15,17H,2,7H2,1H3,(H2,13,16). The van der Waals surface area contributed by atoms with Crippen LogP contribution in [0.2, 0.25) is 0 Å². The van der Waals surface area contributed by atoms with E-state index in [0.717, 1.165) is 22.5 Å². The van der Waals surface area contributed by atoms with Crippen LogP contribution >= 0.6 is 11.5 Å². The molecule has 0 aliphatic heterocycles. The summed E-state index contributed by atoms with van der Waals surface area (Å²) < 4.78 is 4.16. The largest absolute Gasteiger partial charge is 0.394 e. The quantitative estimate of drug-likeness (QED) is 0.769. The van der Waals surface area contributed by atoms with E-state index in [0.29, 0.717) is 5.82 Å². The lowest BCUT2D eigenvalue weighted by Gasteiger charge is -2.15. The molecule has 2 aromatic rings. The lowest BCUT2D eigenvalue weighted by atomic mass is 10.1. The third-order valence-electron chi connectivity index (χ3n) is 2.72. The number of hydrogen-bond acceptors (Lipinski definition) is 6. The van der Waals surface area contributed by atoms with Crippen molar-refractivity contribution in [2.45, 2.75) is 19.4 Å². The topological polar surface area (TPSA) is 84.1 Å². The molecule has 1 unspecified atom stereocenters. The minimum absolute atomic E-state index is 0.0141. The van der Waals surface area contributed by atoms with Gasteiger partial charge in [-0.2, -0.15) is 4.37 Å². The van der Waals surface area contributed by atoms with Crippen LogP contribution in [0.15, 0.2) is 24.5 Å². The van der Waals surface area contributed by atoms with Crippen molar-refractivity contribution < 1.29 is 5.11 Å². The zero-order valence-corrected chi connectivity index (χ0v) is 10.9. The minimum atomic E-state index is 0.0141. The van der Waals surface area contributed by atoms with Gasteiger partial charge in [-0.1, -0.05) is 13.0 Å². The van der Waals surface area contributed by atoms with Gasteiger partial charge in [0.15, 0.2) is 0 Å². The van der Waals surface area contributed by atoms with Gasteiger partial charge in [0.2, 0.25) is 0 Å². The molecule has 0 amide bonds. The summed E-state index contributed by atoms with van der Waals surface area (Å²) >= 11 is 1.31. The highest BCUT2D eigenvalue weighted by molar-refractivity contribution is 7.11. The number of aliphatic hydroxyl groups excluding tert-OH is 1. The van der Waals surface area contributed by atoms with Gasteiger partial charge in [-0.05, 0) is 24.0 Å². The van der Waals surface area contributed by atoms with Crippen LogP contribution < -0.4 is 11.1 Å². The zero-order valence-electron chi connectivity index (χ0n) is 10.1. The van der Waals surface area contributed by atoms with Gasteiger partial charge in [0.05, 0.1) is 12.2 Å². The molecule has 2 heterocycles. The number of aliphatic hydroxyl groups is 1. The molecule has 5 nitrogen and oxygen atoms in total. The van der Waals surface area contributed by atoms with Gasteiger partial charge in [-0.25, -0.2) is 0 Å². The normalized spacial score (nSPS) is 12.3. The lowest BCUT2D eigenvalue weighted by molar-refractivity contribution is 0.272. The maximum absolute atomic E-state index is 9.23. The van der Waals surface area contributed by atoms with Gasteiger partial charge >= 0.3 is 0 Å². The van der Waals surface area contributed by atoms with Gasteiger partial charge < -0.3 is 16.2 Å². The van der Waals surface area contributed by atoms with E-state index >= 15 is 0 Å². The zero-order chi connectivity index (χ0) is 13.0. The highest BCUT2D eigenvalue weighted by Crippen LogP contribution is 2.36. The second kappa shape index (κ2) is 5.79. The van der Waals surface area contributed by atoms with Crippen molar-refractivity contribution in [3.63, 3.8) is 0 Å². The van der Waals surface area contributed by atoms with Crippen molar-refractivity contribution in [3.8, 4) is 11.1 Å². The predicted octanol–water partition coefficient (Wildman–Crippen LogP) is 1.97. The maximum Gasteiger partial charge on any atom is 0.147 e. The average Bonchev–Trinajstić information content (AvgIpc) is 2.78. The molecule has 96 valence electrons. The van der Waals surface area contributed by atoms with Crippen molar-refractivity contribution in [2.75, 3.05) is 17.7 Å². The molecule has 0 aliphatic carbocycles. The Hall–Kier alpha value is -1.66. The highest BCUT2D eigenvalue weighted by atomic mass is 32.1. The van der Waals surface area contributed by atoms with Crippen molar-refractivity contribution in [1.29, 1.82) is 0 Å². The number of nitrogens with one attached hydrogen (secondary N) is 1. The molecule has 2 rings (SSSR count). The molecule has 6 heteroatoms. The molecule has 0 saturated carbocycles. The van der Waals surface area contributed by atoms with Gasteiger partial charge in [0.25, 0.3) is 0 Å². The summed E-state index contributed by atoms with van der Waals surface area (Å²) in [5.41, 5.74) is 7.69. The number of aromatic nitrogens is 2. The number of nitrogen functional groups attached to an aromatic ring is 1. The summed E-state index contributed by atoms with van der Waals surface area (Å²) in [5, 5.41) is 13.4. The first-order chi connectivity index (χ1) is 8.76. The van der Waals surface area contributed by atoms with Crippen LogP contribution in [-0.4, -0.2) is 27.1 Å². The Balaban J connectivity index is 2.33. The Morgan fingerprint density at radius 2 is 2.39 bits per heavy atom. The van der Waals surface area contributed by atoms with Gasteiger partial charge in [-0.15, -0.1) is 0 Å². The van der Waals surface area contributed by atoms with E-state index < -0.39 is 0 Å². The molecule has 1 atom stereocenters. The van der Waals surface area contributed by atoms with E-state index in [1.165, 1.54) is 11.5 Å². The molecule has 4 N–H and O–H groups in total. The van der Waals surface area contributed by atoms with Crippen molar-refractivity contribution in [3.05, 3.63) is 24.5 Å². The Labute approximate surface area is 110 Å². The molecule has 0 aliphatic rings. The van der Waals surface area contributed by atoms with E-state index in [1.807, 2.05) is 19.1 Å². The van der Waals surface area contributed by atoms with Crippen LogP contribution in [0, 0.1) is 0 Å². The van der Waals surface area contributed by atoms with E-state index in [-0.39, 0.29) is 12.6 Å². The van der Waals surface area contributed by atoms with E-state index in [1.54, 1.807) is 12.4 Å². The van der Waals surface area contributed by atoms with Crippen LogP contribution in [0.5, 0.6) is 0 Å². The van der Waals surface area contributed by atoms with Crippen LogP contribution in [-0.2, 0) is 0 Å². The van der Waals surface area contributed by atoms with E-state index in [2.05, 4.69) is 14.7 Å². The molecule has 18 heavy (non-hydrogen) atoms. The fourth-order valence-electron chi connectivity index (χ4n) is 1.65. The van der Waals surface area contributed by atoms with Gasteiger partial charge in [0, 0.05) is 24.0 Å². The van der Waals surface area contributed by atoms with Crippen LogP contribution in [0.1, 0.15) is 13.3 Å². The molecule has 0 saturated heterocycles. The van der Waals surface area contributed by atoms with E-state index in [4.69, 9.17) is 5.73 Å². The van der Waals surface area contributed by atoms with Crippen LogP contribution in [0.25, 0.3) is 11.1 Å². The third kappa shape index (κ3) is 2.60. The molecule has 0 aromatic carbocycles. The first-order valence-corrected chi connectivity index (χ1v) is 6.56. The Morgan fingerprint density at radius 3 is 3.00 bits per heavy atom. The third-order valence-corrected chi connectivity index (χ3v) is 3.51. The Morgan fingerprint density at radius 1 is 1.56 bits per heavy atom. The SMILES string of the molecule is CCC(CO)Nc1snc(N)c1-c1cccnc1. The molecular weight excluding hydrogens is 248 g/mol. The van der Waals surface area contributed by atoms with Crippen molar-refractivity contribution in [2.24, 2.45) is 0 Å². The minimum Gasteiger partial charge on any atom is -0.394 e. The molecule has 0 bridgehead atoms. The smallest absolute Gasteiger partial charge is 0.147 e. The molecule has 0 fully saturated rings. The number of nitrogens with two attached hydrogens (primary N) is 1. The summed E-state index contributed by atoms with van der Waals surface area (Å²) in [6, 6.07) is 3.82. The fourth-order valence-corrected chi connectivity index (χ4v) is 2.47. The number of pyridine rings is 1. The second-order valence-electron chi connectivity index (χ2n) is 3.95. The lowest BCUT2D eigenvalue weighted by Crippen LogP contribution is -2.22. The van der Waals surface area contributed by atoms with Crippen molar-refractivity contribution in [1.82, 2.24) is 9.36 Å². The van der Waals surface area contributed by atoms with Crippen LogP contribution in [0.4, 0.5) is 10.8 Å². The number of anilines is 2. The molecule has 2 aromatic heterocycles. The summed E-state index contributed by atoms with van der Waals surface area (Å²) in [7, 11) is 0. The average molecular weight is 264 g/mol. The summed E-state index contributed by atoms with van der Waals surface area (Å²) in [5.74, 6) is 0.489. The van der Waals surface area contributed by atoms with Gasteiger partial charge in [-0.3, -0.25) is 4.98 Å².